The highest BCUT2D eigenvalue weighted by atomic mass is 32.2. The second-order valence-electron chi connectivity index (χ2n) is 4.34. The summed E-state index contributed by atoms with van der Waals surface area (Å²) in [5.41, 5.74) is 0.221. The molecule has 2 N–H and O–H groups in total. The number of sulfonamides is 1. The van der Waals surface area contributed by atoms with Crippen LogP contribution in [0.1, 0.15) is 0 Å². The number of aromatic nitrogens is 2. The van der Waals surface area contributed by atoms with E-state index >= 15 is 0 Å². The van der Waals surface area contributed by atoms with Crippen LogP contribution in [0, 0.1) is 0 Å². The molecule has 0 radical (unpaired) electrons. The summed E-state index contributed by atoms with van der Waals surface area (Å²) in [7, 11) is -4.74. The first-order chi connectivity index (χ1) is 8.88. The summed E-state index contributed by atoms with van der Waals surface area (Å²) in [6.07, 6.45) is 3.88. The van der Waals surface area contributed by atoms with Crippen molar-refractivity contribution in [3.8, 4) is 0 Å². The number of piperazine rings is 1. The molecule has 1 saturated heterocycles. The van der Waals surface area contributed by atoms with E-state index in [9.17, 15) is 8.42 Å². The molecule has 2 heterocycles. The Hall–Kier alpha value is -1.23. The molecule has 19 heavy (non-hydrogen) atoms. The average molecular weight is 286 g/mol. The van der Waals surface area contributed by atoms with E-state index in [1.807, 2.05) is 4.90 Å². The molecule has 1 aromatic rings. The molecule has 0 aromatic carbocycles. The maximum Gasteiger partial charge on any atom is 0.491 e. The first-order valence-corrected chi connectivity index (χ1v) is 7.61. The van der Waals surface area contributed by atoms with Gasteiger partial charge < -0.3 is 14.9 Å². The minimum absolute atomic E-state index is 0.221. The highest BCUT2D eigenvalue weighted by molar-refractivity contribution is 7.88. The van der Waals surface area contributed by atoms with Crippen LogP contribution in [-0.4, -0.2) is 72.3 Å². The van der Waals surface area contributed by atoms with Crippen LogP contribution in [0.2, 0.25) is 0 Å². The van der Waals surface area contributed by atoms with Gasteiger partial charge in [0, 0.05) is 44.0 Å². The smallest absolute Gasteiger partial charge is 0.423 e. The summed E-state index contributed by atoms with van der Waals surface area (Å²) in [5, 5.41) is 17.9. The highest BCUT2D eigenvalue weighted by Crippen LogP contribution is 2.11. The minimum atomic E-state index is -3.15. The lowest BCUT2D eigenvalue weighted by molar-refractivity contribution is 0.385. The van der Waals surface area contributed by atoms with E-state index in [1.165, 1.54) is 23.0 Å². The molecule has 1 aromatic heterocycles. The molecular formula is C9H15BN4O4S. The summed E-state index contributed by atoms with van der Waals surface area (Å²) in [6, 6.07) is 0. The number of rotatable bonds is 3. The molecular weight excluding hydrogens is 271 g/mol. The van der Waals surface area contributed by atoms with Gasteiger partial charge in [0.25, 0.3) is 0 Å². The van der Waals surface area contributed by atoms with Gasteiger partial charge in [0.15, 0.2) is 0 Å². The molecule has 0 aliphatic carbocycles. The summed E-state index contributed by atoms with van der Waals surface area (Å²) in [6.45, 7) is 1.81. The lowest BCUT2D eigenvalue weighted by Crippen LogP contribution is -2.49. The van der Waals surface area contributed by atoms with Gasteiger partial charge in [-0.25, -0.2) is 18.4 Å². The highest BCUT2D eigenvalue weighted by Gasteiger charge is 2.24. The van der Waals surface area contributed by atoms with Crippen molar-refractivity contribution in [1.29, 1.82) is 0 Å². The molecule has 0 amide bonds. The SMILES string of the molecule is CS(=O)(=O)N1CCN(c2ncc(B(O)O)cn2)CC1. The van der Waals surface area contributed by atoms with E-state index in [0.717, 1.165) is 0 Å². The maximum absolute atomic E-state index is 11.4. The van der Waals surface area contributed by atoms with Crippen molar-refractivity contribution in [2.24, 2.45) is 0 Å². The van der Waals surface area contributed by atoms with Crippen molar-refractivity contribution in [1.82, 2.24) is 14.3 Å². The molecule has 0 atom stereocenters. The van der Waals surface area contributed by atoms with Gasteiger partial charge in [-0.15, -0.1) is 0 Å². The molecule has 0 unspecified atom stereocenters. The molecule has 0 spiro atoms. The number of nitrogens with zero attached hydrogens (tertiary/aromatic N) is 4. The molecule has 1 aliphatic rings. The van der Waals surface area contributed by atoms with Crippen LogP contribution in [0.5, 0.6) is 0 Å². The Bertz CT molecular complexity index is 528. The van der Waals surface area contributed by atoms with Gasteiger partial charge in [-0.2, -0.15) is 4.31 Å². The predicted molar refractivity (Wildman–Crippen MR) is 70.5 cm³/mol. The average Bonchev–Trinajstić information content (AvgIpc) is 2.38. The van der Waals surface area contributed by atoms with Gasteiger partial charge >= 0.3 is 7.12 Å². The van der Waals surface area contributed by atoms with Crippen LogP contribution in [0.25, 0.3) is 0 Å². The maximum atomic E-state index is 11.4. The molecule has 8 nitrogen and oxygen atoms in total. The fourth-order valence-corrected chi connectivity index (χ4v) is 2.67. The van der Waals surface area contributed by atoms with Crippen molar-refractivity contribution >= 4 is 28.6 Å². The standard InChI is InChI=1S/C9H15BN4O4S/c1-19(17,18)14-4-2-13(3-5-14)9-11-6-8(7-12-9)10(15)16/h6-7,15-16H,2-5H2,1H3. The van der Waals surface area contributed by atoms with Crippen LogP contribution in [0.15, 0.2) is 12.4 Å². The predicted octanol–water partition coefficient (Wildman–Crippen LogP) is -2.76. The van der Waals surface area contributed by atoms with E-state index in [2.05, 4.69) is 9.97 Å². The van der Waals surface area contributed by atoms with E-state index < -0.39 is 17.1 Å². The van der Waals surface area contributed by atoms with Crippen molar-refractivity contribution in [3.05, 3.63) is 12.4 Å². The topological polar surface area (TPSA) is 107 Å². The van der Waals surface area contributed by atoms with Gasteiger partial charge in [0.05, 0.1) is 6.26 Å². The van der Waals surface area contributed by atoms with E-state index in [1.54, 1.807) is 0 Å². The molecule has 1 fully saturated rings. The van der Waals surface area contributed by atoms with Crippen molar-refractivity contribution in [2.45, 2.75) is 0 Å². The Morgan fingerprint density at radius 3 is 2.11 bits per heavy atom. The third kappa shape index (κ3) is 3.41. The van der Waals surface area contributed by atoms with Crippen LogP contribution in [-0.2, 0) is 10.0 Å². The zero-order valence-electron chi connectivity index (χ0n) is 10.5. The Morgan fingerprint density at radius 2 is 1.68 bits per heavy atom. The van der Waals surface area contributed by atoms with Crippen LogP contribution in [0.4, 0.5) is 5.95 Å². The Morgan fingerprint density at radius 1 is 1.16 bits per heavy atom. The zero-order chi connectivity index (χ0) is 14.0. The largest absolute Gasteiger partial charge is 0.491 e. The van der Waals surface area contributed by atoms with Crippen LogP contribution < -0.4 is 10.4 Å². The van der Waals surface area contributed by atoms with Crippen molar-refractivity contribution in [3.63, 3.8) is 0 Å². The number of hydrogen-bond donors (Lipinski definition) is 2. The molecule has 10 heteroatoms. The summed E-state index contributed by atoms with van der Waals surface area (Å²) in [4.78, 5) is 9.93. The summed E-state index contributed by atoms with van der Waals surface area (Å²) < 4.78 is 24.2. The molecule has 104 valence electrons. The number of hydrogen-bond acceptors (Lipinski definition) is 7. The third-order valence-electron chi connectivity index (χ3n) is 2.95. The summed E-state index contributed by atoms with van der Waals surface area (Å²) in [5.74, 6) is 0.456. The van der Waals surface area contributed by atoms with Crippen LogP contribution in [0.3, 0.4) is 0 Å². The third-order valence-corrected chi connectivity index (χ3v) is 4.25. The lowest BCUT2D eigenvalue weighted by atomic mass is 9.83. The van der Waals surface area contributed by atoms with Crippen molar-refractivity contribution < 1.29 is 18.5 Å². The quantitative estimate of drug-likeness (QED) is 0.579. The van der Waals surface area contributed by atoms with Gasteiger partial charge in [-0.05, 0) is 0 Å². The second kappa shape index (κ2) is 5.41. The van der Waals surface area contributed by atoms with E-state index in [-0.39, 0.29) is 5.46 Å². The van der Waals surface area contributed by atoms with Gasteiger partial charge in [0.2, 0.25) is 16.0 Å². The first kappa shape index (κ1) is 14.2. The van der Waals surface area contributed by atoms with Gasteiger partial charge in [-0.3, -0.25) is 0 Å². The fourth-order valence-electron chi connectivity index (χ4n) is 1.85. The van der Waals surface area contributed by atoms with E-state index in [0.29, 0.717) is 32.1 Å². The number of anilines is 1. The molecule has 2 rings (SSSR count). The molecule has 1 aliphatic heterocycles. The van der Waals surface area contributed by atoms with Gasteiger partial charge in [-0.1, -0.05) is 0 Å². The van der Waals surface area contributed by atoms with Gasteiger partial charge in [0.1, 0.15) is 0 Å². The fraction of sp³-hybridized carbons (Fsp3) is 0.556. The zero-order valence-corrected chi connectivity index (χ0v) is 11.3. The Balaban J connectivity index is 2.02. The first-order valence-electron chi connectivity index (χ1n) is 5.76. The second-order valence-corrected chi connectivity index (χ2v) is 6.32. The Labute approximate surface area is 111 Å². The van der Waals surface area contributed by atoms with E-state index in [4.69, 9.17) is 10.0 Å². The monoisotopic (exact) mass is 286 g/mol. The minimum Gasteiger partial charge on any atom is -0.423 e. The molecule has 0 bridgehead atoms. The molecule has 0 saturated carbocycles. The Kier molecular flexibility index (Phi) is 4.04. The normalized spacial score (nSPS) is 17.5. The van der Waals surface area contributed by atoms with Crippen LogP contribution >= 0.6 is 0 Å². The lowest BCUT2D eigenvalue weighted by Gasteiger charge is -2.33. The summed E-state index contributed by atoms with van der Waals surface area (Å²) >= 11 is 0. The van der Waals surface area contributed by atoms with Crippen molar-refractivity contribution in [2.75, 3.05) is 37.3 Å².